The zero-order valence-electron chi connectivity index (χ0n) is 20.4. The number of ether oxygens (including phenoxy) is 1. The topological polar surface area (TPSA) is 57.9 Å². The molecule has 0 spiro atoms. The molecule has 180 valence electrons. The first kappa shape index (κ1) is 23.8. The Kier molecular flexibility index (Phi) is 8.20. The molecule has 1 aromatic heterocycles. The number of benzene rings is 1. The van der Waals surface area contributed by atoms with Gasteiger partial charge in [0, 0.05) is 24.8 Å². The number of allylic oxidation sites excluding steroid dienone is 3. The lowest BCUT2D eigenvalue weighted by Gasteiger charge is -2.30. The molecule has 2 aromatic rings. The standard InChI is InChI=1S/C27H36N6O/c1-4-5-17-32-21-24(20-28-32)27-10-8-9-22(2)33(27)30-23(3)29-25-11-13-26(14-12-25)34-19-18-31-15-6-7-16-31/h8-14,20-21H,2,4-7,15-19H2,1,3H3,(H,29,30). The van der Waals surface area contributed by atoms with Crippen molar-refractivity contribution >= 4 is 17.2 Å². The molecule has 7 heteroatoms. The minimum absolute atomic E-state index is 0.720. The van der Waals surface area contributed by atoms with E-state index >= 15 is 0 Å². The van der Waals surface area contributed by atoms with Crippen LogP contribution in [0.1, 0.15) is 45.1 Å². The van der Waals surface area contributed by atoms with Gasteiger partial charge >= 0.3 is 0 Å². The molecule has 1 saturated heterocycles. The van der Waals surface area contributed by atoms with E-state index in [1.807, 2.05) is 59.2 Å². The highest BCUT2D eigenvalue weighted by Crippen LogP contribution is 2.25. The zero-order chi connectivity index (χ0) is 23.8. The van der Waals surface area contributed by atoms with Crippen molar-refractivity contribution in [2.45, 2.75) is 46.1 Å². The summed E-state index contributed by atoms with van der Waals surface area (Å²) < 4.78 is 7.90. The number of aromatic nitrogens is 2. The fourth-order valence-corrected chi connectivity index (χ4v) is 4.15. The number of hydrogen-bond acceptors (Lipinski definition) is 5. The number of amidine groups is 1. The van der Waals surface area contributed by atoms with Crippen molar-refractivity contribution in [2.24, 2.45) is 4.99 Å². The predicted molar refractivity (Wildman–Crippen MR) is 139 cm³/mol. The zero-order valence-corrected chi connectivity index (χ0v) is 20.4. The summed E-state index contributed by atoms with van der Waals surface area (Å²) in [7, 11) is 0. The van der Waals surface area contributed by atoms with Crippen molar-refractivity contribution in [1.82, 2.24) is 25.1 Å². The van der Waals surface area contributed by atoms with Gasteiger partial charge < -0.3 is 4.74 Å². The third-order valence-electron chi connectivity index (χ3n) is 6.02. The van der Waals surface area contributed by atoms with E-state index in [-0.39, 0.29) is 0 Å². The summed E-state index contributed by atoms with van der Waals surface area (Å²) in [6.07, 6.45) is 14.9. The molecule has 2 aliphatic heterocycles. The van der Waals surface area contributed by atoms with E-state index in [1.165, 1.54) is 25.9 Å². The van der Waals surface area contributed by atoms with Crippen molar-refractivity contribution in [1.29, 1.82) is 0 Å². The Balaban J connectivity index is 1.36. The Labute approximate surface area is 203 Å². The van der Waals surface area contributed by atoms with E-state index in [0.29, 0.717) is 0 Å². The molecule has 1 aromatic carbocycles. The van der Waals surface area contributed by atoms with Crippen molar-refractivity contribution in [3.8, 4) is 5.75 Å². The van der Waals surface area contributed by atoms with Crippen molar-refractivity contribution in [2.75, 3.05) is 26.2 Å². The molecular formula is C27H36N6O. The smallest absolute Gasteiger partial charge is 0.119 e. The molecule has 0 aliphatic carbocycles. The SMILES string of the molecule is C=C1C=CC=C(c2cnn(CCCC)c2)N1NC(C)=Nc1ccc(OCCN2CCCC2)cc1. The molecule has 7 nitrogen and oxygen atoms in total. The van der Waals surface area contributed by atoms with Gasteiger partial charge in [0.05, 0.1) is 23.3 Å². The van der Waals surface area contributed by atoms with Gasteiger partial charge in [-0.1, -0.05) is 26.0 Å². The quantitative estimate of drug-likeness (QED) is 0.393. The van der Waals surface area contributed by atoms with Gasteiger partial charge in [-0.15, -0.1) is 0 Å². The maximum Gasteiger partial charge on any atom is 0.119 e. The summed E-state index contributed by atoms with van der Waals surface area (Å²) in [4.78, 5) is 7.19. The van der Waals surface area contributed by atoms with E-state index < -0.39 is 0 Å². The fraction of sp³-hybridized carbons (Fsp3) is 0.407. The van der Waals surface area contributed by atoms with Gasteiger partial charge in [0.15, 0.2) is 0 Å². The van der Waals surface area contributed by atoms with Crippen molar-refractivity contribution in [3.63, 3.8) is 0 Å². The van der Waals surface area contributed by atoms with Crippen LogP contribution in [0.5, 0.6) is 5.75 Å². The first-order valence-corrected chi connectivity index (χ1v) is 12.3. The van der Waals surface area contributed by atoms with Gasteiger partial charge in [0.2, 0.25) is 0 Å². The number of hydrazine groups is 1. The van der Waals surface area contributed by atoms with E-state index in [2.05, 4.69) is 41.2 Å². The summed E-state index contributed by atoms with van der Waals surface area (Å²) in [5.74, 6) is 1.65. The Morgan fingerprint density at radius 2 is 1.97 bits per heavy atom. The maximum atomic E-state index is 5.90. The Bertz CT molecular complexity index is 1040. The van der Waals surface area contributed by atoms with Crippen molar-refractivity contribution < 1.29 is 4.74 Å². The van der Waals surface area contributed by atoms with Gasteiger partial charge in [-0.2, -0.15) is 5.10 Å². The second-order valence-electron chi connectivity index (χ2n) is 8.78. The predicted octanol–water partition coefficient (Wildman–Crippen LogP) is 5.14. The van der Waals surface area contributed by atoms with Gasteiger partial charge in [-0.25, -0.2) is 4.99 Å². The second kappa shape index (κ2) is 11.7. The first-order chi connectivity index (χ1) is 16.6. The van der Waals surface area contributed by atoms with Crippen LogP contribution in [0.2, 0.25) is 0 Å². The molecule has 3 heterocycles. The number of rotatable bonds is 10. The second-order valence-corrected chi connectivity index (χ2v) is 8.78. The molecule has 0 atom stereocenters. The van der Waals surface area contributed by atoms with E-state index in [4.69, 9.17) is 9.73 Å². The summed E-state index contributed by atoms with van der Waals surface area (Å²) >= 11 is 0. The molecule has 0 unspecified atom stereocenters. The minimum Gasteiger partial charge on any atom is -0.492 e. The summed E-state index contributed by atoms with van der Waals surface area (Å²) in [5, 5.41) is 6.46. The summed E-state index contributed by atoms with van der Waals surface area (Å²) in [6.45, 7) is 13.4. The van der Waals surface area contributed by atoms with Crippen molar-refractivity contribution in [3.05, 3.63) is 72.7 Å². The Hall–Kier alpha value is -3.32. The van der Waals surface area contributed by atoms with Gasteiger partial charge in [0.1, 0.15) is 18.2 Å². The lowest BCUT2D eigenvalue weighted by molar-refractivity contribution is 0.238. The molecule has 0 saturated carbocycles. The van der Waals surface area contributed by atoms with Gasteiger partial charge in [-0.3, -0.25) is 20.0 Å². The number of aryl methyl sites for hydroxylation is 1. The lowest BCUT2D eigenvalue weighted by atomic mass is 10.1. The molecule has 1 N–H and O–H groups in total. The lowest BCUT2D eigenvalue weighted by Crippen LogP contribution is -2.39. The molecule has 0 bridgehead atoms. The molecular weight excluding hydrogens is 424 g/mol. The van der Waals surface area contributed by atoms with Crippen LogP contribution in [0.15, 0.2) is 72.2 Å². The molecule has 0 amide bonds. The van der Waals surface area contributed by atoms with Crippen LogP contribution in [-0.2, 0) is 6.54 Å². The highest BCUT2D eigenvalue weighted by Gasteiger charge is 2.18. The third kappa shape index (κ3) is 6.38. The largest absolute Gasteiger partial charge is 0.492 e. The average molecular weight is 461 g/mol. The number of nitrogens with one attached hydrogen (secondary N) is 1. The molecule has 0 radical (unpaired) electrons. The normalized spacial score (nSPS) is 16.8. The van der Waals surface area contributed by atoms with Crippen LogP contribution in [-0.4, -0.2) is 51.8 Å². The summed E-state index contributed by atoms with van der Waals surface area (Å²) in [6, 6.07) is 7.93. The Morgan fingerprint density at radius 1 is 1.18 bits per heavy atom. The first-order valence-electron chi connectivity index (χ1n) is 12.3. The number of hydrogen-bond donors (Lipinski definition) is 1. The highest BCUT2D eigenvalue weighted by atomic mass is 16.5. The number of likely N-dealkylation sites (tertiary alicyclic amines) is 1. The maximum absolute atomic E-state index is 5.90. The number of aliphatic imine (C=N–C) groups is 1. The monoisotopic (exact) mass is 460 g/mol. The average Bonchev–Trinajstić information content (AvgIpc) is 3.52. The number of nitrogens with zero attached hydrogens (tertiary/aromatic N) is 5. The number of unbranched alkanes of at least 4 members (excludes halogenated alkanes) is 1. The third-order valence-corrected chi connectivity index (χ3v) is 6.02. The minimum atomic E-state index is 0.720. The highest BCUT2D eigenvalue weighted by molar-refractivity contribution is 5.84. The van der Waals surface area contributed by atoms with E-state index in [1.54, 1.807) is 0 Å². The summed E-state index contributed by atoms with van der Waals surface area (Å²) in [5.41, 5.74) is 7.13. The van der Waals surface area contributed by atoms with Crippen LogP contribution in [0, 0.1) is 0 Å². The van der Waals surface area contributed by atoms with Crippen LogP contribution >= 0.6 is 0 Å². The van der Waals surface area contributed by atoms with Crippen LogP contribution in [0.4, 0.5) is 5.69 Å². The van der Waals surface area contributed by atoms with Crippen LogP contribution < -0.4 is 10.2 Å². The Morgan fingerprint density at radius 3 is 2.74 bits per heavy atom. The molecule has 1 fully saturated rings. The molecule has 2 aliphatic rings. The van der Waals surface area contributed by atoms with Gasteiger partial charge in [0.25, 0.3) is 0 Å². The van der Waals surface area contributed by atoms with E-state index in [0.717, 1.165) is 66.8 Å². The van der Waals surface area contributed by atoms with E-state index in [9.17, 15) is 0 Å². The molecule has 34 heavy (non-hydrogen) atoms. The van der Waals surface area contributed by atoms with Crippen LogP contribution in [0.25, 0.3) is 5.70 Å². The van der Waals surface area contributed by atoms with Crippen LogP contribution in [0.3, 0.4) is 0 Å². The fourth-order valence-electron chi connectivity index (χ4n) is 4.15. The van der Waals surface area contributed by atoms with Gasteiger partial charge in [-0.05, 0) is 75.7 Å². The molecule has 4 rings (SSSR count).